The number of thiocarbonyl (C=S) groups is 1. The minimum Gasteiger partial charge on any atom is -0.433 e. The number of ether oxygens (including phenoxy) is 1. The Bertz CT molecular complexity index is 826. The van der Waals surface area contributed by atoms with E-state index in [1.165, 1.54) is 12.1 Å². The highest BCUT2D eigenvalue weighted by Crippen LogP contribution is 2.27. The van der Waals surface area contributed by atoms with Gasteiger partial charge in [0.25, 0.3) is 0 Å². The molecule has 1 heterocycles. The highest BCUT2D eigenvalue weighted by Gasteiger charge is 2.20. The van der Waals surface area contributed by atoms with Crippen LogP contribution in [0.1, 0.15) is 11.1 Å². The predicted octanol–water partition coefficient (Wildman–Crippen LogP) is 4.25. The van der Waals surface area contributed by atoms with Gasteiger partial charge >= 0.3 is 6.61 Å². The first-order chi connectivity index (χ1) is 13.4. The van der Waals surface area contributed by atoms with Gasteiger partial charge in [-0.1, -0.05) is 18.2 Å². The fourth-order valence-electron chi connectivity index (χ4n) is 3.14. The minimum atomic E-state index is -2.90. The van der Waals surface area contributed by atoms with E-state index in [9.17, 15) is 13.2 Å². The van der Waals surface area contributed by atoms with Crippen LogP contribution in [0.3, 0.4) is 0 Å². The standard InChI is InChI=1S/C20H22F3N3OS/c1-14-5-6-18(27-19(22)23)17(11-14)24-20(28)26-9-7-25(8-10-26)13-15-3-2-4-16(21)12-15/h2-6,11-12,19H,7-10,13H2,1H3,(H,24,28). The Morgan fingerprint density at radius 2 is 1.89 bits per heavy atom. The lowest BCUT2D eigenvalue weighted by Gasteiger charge is -2.36. The van der Waals surface area contributed by atoms with E-state index in [2.05, 4.69) is 15.0 Å². The van der Waals surface area contributed by atoms with Crippen molar-refractivity contribution in [3.8, 4) is 5.75 Å². The van der Waals surface area contributed by atoms with Crippen molar-refractivity contribution in [2.24, 2.45) is 0 Å². The number of hydrogen-bond acceptors (Lipinski definition) is 3. The Kier molecular flexibility index (Phi) is 6.74. The summed E-state index contributed by atoms with van der Waals surface area (Å²) >= 11 is 5.46. The summed E-state index contributed by atoms with van der Waals surface area (Å²) in [7, 11) is 0. The first-order valence-electron chi connectivity index (χ1n) is 8.99. The van der Waals surface area contributed by atoms with Crippen molar-refractivity contribution in [1.29, 1.82) is 0 Å². The molecule has 8 heteroatoms. The van der Waals surface area contributed by atoms with E-state index in [1.807, 2.05) is 17.9 Å². The van der Waals surface area contributed by atoms with Crippen LogP contribution >= 0.6 is 12.2 Å². The Hall–Kier alpha value is -2.32. The third kappa shape index (κ3) is 5.59. The lowest BCUT2D eigenvalue weighted by Crippen LogP contribution is -2.49. The van der Waals surface area contributed by atoms with Crippen LogP contribution in [0.25, 0.3) is 0 Å². The Labute approximate surface area is 167 Å². The summed E-state index contributed by atoms with van der Waals surface area (Å²) in [5.41, 5.74) is 2.27. The van der Waals surface area contributed by atoms with E-state index in [0.29, 0.717) is 30.4 Å². The van der Waals surface area contributed by atoms with E-state index in [1.54, 1.807) is 24.3 Å². The highest BCUT2D eigenvalue weighted by molar-refractivity contribution is 7.80. The average Bonchev–Trinajstić information content (AvgIpc) is 2.64. The van der Waals surface area contributed by atoms with Crippen LogP contribution in [0.5, 0.6) is 5.75 Å². The number of halogens is 3. The maximum Gasteiger partial charge on any atom is 0.387 e. The second-order valence-corrected chi connectivity index (χ2v) is 7.09. The molecule has 0 bridgehead atoms. The van der Waals surface area contributed by atoms with Crippen molar-refractivity contribution in [1.82, 2.24) is 9.80 Å². The molecule has 1 fully saturated rings. The molecular weight excluding hydrogens is 387 g/mol. The predicted molar refractivity (Wildman–Crippen MR) is 107 cm³/mol. The fourth-order valence-corrected chi connectivity index (χ4v) is 3.43. The lowest BCUT2D eigenvalue weighted by atomic mass is 10.2. The van der Waals surface area contributed by atoms with E-state index in [0.717, 1.165) is 24.2 Å². The first kappa shape index (κ1) is 20.4. The van der Waals surface area contributed by atoms with E-state index in [-0.39, 0.29) is 11.6 Å². The molecule has 1 aliphatic heterocycles. The van der Waals surface area contributed by atoms with Gasteiger partial charge in [-0.15, -0.1) is 0 Å². The van der Waals surface area contributed by atoms with Gasteiger partial charge in [-0.25, -0.2) is 4.39 Å². The van der Waals surface area contributed by atoms with Crippen molar-refractivity contribution in [3.63, 3.8) is 0 Å². The second kappa shape index (κ2) is 9.25. The van der Waals surface area contributed by atoms with Gasteiger partial charge in [0, 0.05) is 32.7 Å². The number of benzene rings is 2. The van der Waals surface area contributed by atoms with Gasteiger partial charge in [0.15, 0.2) is 5.11 Å². The maximum atomic E-state index is 13.3. The third-order valence-corrected chi connectivity index (χ3v) is 4.91. The normalized spacial score (nSPS) is 15.0. The molecule has 150 valence electrons. The molecule has 0 aliphatic carbocycles. The molecule has 0 amide bonds. The molecule has 0 spiro atoms. The van der Waals surface area contributed by atoms with Crippen LogP contribution in [0.4, 0.5) is 18.9 Å². The summed E-state index contributed by atoms with van der Waals surface area (Å²) in [5.74, 6) is -0.172. The lowest BCUT2D eigenvalue weighted by molar-refractivity contribution is -0.0493. The van der Waals surface area contributed by atoms with Gasteiger partial charge in [0.05, 0.1) is 5.69 Å². The van der Waals surface area contributed by atoms with Crippen LogP contribution in [0.15, 0.2) is 42.5 Å². The van der Waals surface area contributed by atoms with Crippen LogP contribution in [0, 0.1) is 12.7 Å². The smallest absolute Gasteiger partial charge is 0.387 e. The van der Waals surface area contributed by atoms with E-state index >= 15 is 0 Å². The molecule has 1 N–H and O–H groups in total. The van der Waals surface area contributed by atoms with Crippen LogP contribution in [0.2, 0.25) is 0 Å². The molecule has 1 aliphatic rings. The molecule has 1 saturated heterocycles. The fraction of sp³-hybridized carbons (Fsp3) is 0.350. The van der Waals surface area contributed by atoms with Crippen molar-refractivity contribution in [2.75, 3.05) is 31.5 Å². The largest absolute Gasteiger partial charge is 0.433 e. The summed E-state index contributed by atoms with van der Waals surface area (Å²) in [6, 6.07) is 11.5. The molecule has 3 rings (SSSR count). The van der Waals surface area contributed by atoms with Crippen molar-refractivity contribution < 1.29 is 17.9 Å². The van der Waals surface area contributed by atoms with Gasteiger partial charge in [0.1, 0.15) is 11.6 Å². The topological polar surface area (TPSA) is 27.7 Å². The number of nitrogens with one attached hydrogen (secondary N) is 1. The zero-order chi connectivity index (χ0) is 20.1. The van der Waals surface area contributed by atoms with Crippen LogP contribution < -0.4 is 10.1 Å². The molecule has 2 aromatic carbocycles. The Morgan fingerprint density at radius 3 is 2.57 bits per heavy atom. The monoisotopic (exact) mass is 409 g/mol. The van der Waals surface area contributed by atoms with Gasteiger partial charge in [0.2, 0.25) is 0 Å². The quantitative estimate of drug-likeness (QED) is 0.746. The number of nitrogens with zero attached hydrogens (tertiary/aromatic N) is 2. The highest BCUT2D eigenvalue weighted by atomic mass is 32.1. The summed E-state index contributed by atoms with van der Waals surface area (Å²) < 4.78 is 43.1. The van der Waals surface area contributed by atoms with Gasteiger partial charge in [-0.2, -0.15) is 8.78 Å². The number of anilines is 1. The van der Waals surface area contributed by atoms with Crippen molar-refractivity contribution in [3.05, 3.63) is 59.4 Å². The summed E-state index contributed by atoms with van der Waals surface area (Å²) in [5, 5.41) is 3.50. The minimum absolute atomic E-state index is 0.0627. The molecule has 0 atom stereocenters. The van der Waals surface area contributed by atoms with Gasteiger partial charge in [-0.3, -0.25) is 4.90 Å². The zero-order valence-electron chi connectivity index (χ0n) is 15.5. The number of piperazine rings is 1. The van der Waals surface area contributed by atoms with Crippen LogP contribution in [-0.2, 0) is 6.54 Å². The van der Waals surface area contributed by atoms with Crippen molar-refractivity contribution >= 4 is 23.0 Å². The number of alkyl halides is 2. The molecule has 0 radical (unpaired) electrons. The Morgan fingerprint density at radius 1 is 1.14 bits per heavy atom. The first-order valence-corrected chi connectivity index (χ1v) is 9.40. The van der Waals surface area contributed by atoms with Crippen LogP contribution in [-0.4, -0.2) is 47.7 Å². The average molecular weight is 409 g/mol. The second-order valence-electron chi connectivity index (χ2n) is 6.70. The molecule has 28 heavy (non-hydrogen) atoms. The molecular formula is C20H22F3N3OS. The number of hydrogen-bond donors (Lipinski definition) is 1. The molecule has 2 aromatic rings. The molecule has 0 saturated carbocycles. The molecule has 0 unspecified atom stereocenters. The number of aryl methyl sites for hydroxylation is 1. The number of rotatable bonds is 5. The summed E-state index contributed by atoms with van der Waals surface area (Å²) in [4.78, 5) is 4.22. The van der Waals surface area contributed by atoms with Crippen molar-refractivity contribution in [2.45, 2.75) is 20.1 Å². The summed E-state index contributed by atoms with van der Waals surface area (Å²) in [6.07, 6.45) is 0. The van der Waals surface area contributed by atoms with E-state index < -0.39 is 6.61 Å². The zero-order valence-corrected chi connectivity index (χ0v) is 16.3. The maximum absolute atomic E-state index is 13.3. The Balaban J connectivity index is 1.56. The van der Waals surface area contributed by atoms with Gasteiger partial charge < -0.3 is 15.0 Å². The van der Waals surface area contributed by atoms with E-state index in [4.69, 9.17) is 12.2 Å². The third-order valence-electron chi connectivity index (χ3n) is 4.55. The summed E-state index contributed by atoms with van der Waals surface area (Å²) in [6.45, 7) is 2.57. The van der Waals surface area contributed by atoms with Gasteiger partial charge in [-0.05, 0) is 54.5 Å². The SMILES string of the molecule is Cc1ccc(OC(F)F)c(NC(=S)N2CCN(Cc3cccc(F)c3)CC2)c1. The molecule has 0 aromatic heterocycles. The molecule has 4 nitrogen and oxygen atoms in total.